The zero-order valence-corrected chi connectivity index (χ0v) is 20.6. The minimum atomic E-state index is -4.11. The Kier molecular flexibility index (Phi) is 7.87. The molecule has 0 bridgehead atoms. The summed E-state index contributed by atoms with van der Waals surface area (Å²) in [6.07, 6.45) is -0.918. The minimum Gasteiger partial charge on any atom is -0.450 e. The SMILES string of the molecule is CCOC(=O)NC(=O)c1c(NC(=O)c2ccccc2NS(=O)(=O)c2ccc(F)cc2)sc(C)c1C. The summed E-state index contributed by atoms with van der Waals surface area (Å²) >= 11 is 1.13. The van der Waals surface area contributed by atoms with E-state index in [2.05, 4.69) is 15.4 Å². The van der Waals surface area contributed by atoms with Gasteiger partial charge >= 0.3 is 6.09 Å². The lowest BCUT2D eigenvalue weighted by atomic mass is 10.1. The molecule has 9 nitrogen and oxygen atoms in total. The van der Waals surface area contributed by atoms with Crippen molar-refractivity contribution in [3.05, 3.63) is 75.9 Å². The van der Waals surface area contributed by atoms with Gasteiger partial charge in [0.2, 0.25) is 0 Å². The highest BCUT2D eigenvalue weighted by molar-refractivity contribution is 7.92. The van der Waals surface area contributed by atoms with E-state index in [9.17, 15) is 27.2 Å². The van der Waals surface area contributed by atoms with E-state index < -0.39 is 33.7 Å². The first-order valence-electron chi connectivity index (χ1n) is 10.3. The van der Waals surface area contributed by atoms with Gasteiger partial charge in [-0.1, -0.05) is 12.1 Å². The fourth-order valence-corrected chi connectivity index (χ4v) is 5.20. The molecule has 0 fully saturated rings. The van der Waals surface area contributed by atoms with E-state index in [1.54, 1.807) is 26.8 Å². The number of hydrogen-bond donors (Lipinski definition) is 3. The number of amides is 3. The van der Waals surface area contributed by atoms with Crippen LogP contribution in [0.4, 0.5) is 19.9 Å². The van der Waals surface area contributed by atoms with Gasteiger partial charge in [0.15, 0.2) is 0 Å². The van der Waals surface area contributed by atoms with Gasteiger partial charge < -0.3 is 10.1 Å². The van der Waals surface area contributed by atoms with Gasteiger partial charge in [-0.2, -0.15) is 0 Å². The Balaban J connectivity index is 1.88. The number of imide groups is 1. The molecule has 3 aromatic rings. The second-order valence-corrected chi connectivity index (χ2v) is 10.1. The molecule has 12 heteroatoms. The maximum absolute atomic E-state index is 13.2. The average Bonchev–Trinajstić information content (AvgIpc) is 3.07. The Labute approximate surface area is 205 Å². The molecule has 184 valence electrons. The first-order valence-corrected chi connectivity index (χ1v) is 12.6. The molecule has 3 N–H and O–H groups in total. The predicted molar refractivity (Wildman–Crippen MR) is 130 cm³/mol. The lowest BCUT2D eigenvalue weighted by Crippen LogP contribution is -2.32. The third-order valence-corrected chi connectivity index (χ3v) is 7.37. The van der Waals surface area contributed by atoms with E-state index in [0.717, 1.165) is 40.5 Å². The van der Waals surface area contributed by atoms with Gasteiger partial charge in [0.05, 0.1) is 28.3 Å². The van der Waals surface area contributed by atoms with E-state index in [1.807, 2.05) is 0 Å². The lowest BCUT2D eigenvalue weighted by molar-refractivity contribution is 0.0925. The number of para-hydroxylation sites is 1. The Morgan fingerprint density at radius 3 is 2.31 bits per heavy atom. The maximum Gasteiger partial charge on any atom is 0.414 e. The van der Waals surface area contributed by atoms with E-state index in [0.29, 0.717) is 5.56 Å². The topological polar surface area (TPSA) is 131 Å². The number of hydrogen-bond acceptors (Lipinski definition) is 7. The van der Waals surface area contributed by atoms with Gasteiger partial charge in [0.25, 0.3) is 21.8 Å². The van der Waals surface area contributed by atoms with Crippen LogP contribution in [-0.2, 0) is 14.8 Å². The number of carbonyl (C=O) groups excluding carboxylic acids is 3. The molecule has 0 atom stereocenters. The van der Waals surface area contributed by atoms with Crippen LogP contribution in [0.15, 0.2) is 53.4 Å². The number of carbonyl (C=O) groups is 3. The third kappa shape index (κ3) is 6.03. The fourth-order valence-electron chi connectivity index (χ4n) is 3.07. The van der Waals surface area contributed by atoms with Gasteiger partial charge in [-0.15, -0.1) is 11.3 Å². The van der Waals surface area contributed by atoms with Crippen molar-refractivity contribution < 1.29 is 31.9 Å². The summed E-state index contributed by atoms with van der Waals surface area (Å²) in [7, 11) is -4.11. The summed E-state index contributed by atoms with van der Waals surface area (Å²) in [5.41, 5.74) is 0.631. The summed E-state index contributed by atoms with van der Waals surface area (Å²) in [5.74, 6) is -2.02. The van der Waals surface area contributed by atoms with Gasteiger partial charge in [0, 0.05) is 4.88 Å². The zero-order valence-electron chi connectivity index (χ0n) is 19.0. The summed E-state index contributed by atoms with van der Waals surface area (Å²) < 4.78 is 45.7. The number of sulfonamides is 1. The van der Waals surface area contributed by atoms with E-state index >= 15 is 0 Å². The Morgan fingerprint density at radius 2 is 1.66 bits per heavy atom. The number of rotatable bonds is 7. The number of thiophene rings is 1. The first-order chi connectivity index (χ1) is 16.5. The molecular formula is C23H22FN3O6S2. The number of anilines is 2. The Morgan fingerprint density at radius 1 is 1.00 bits per heavy atom. The summed E-state index contributed by atoms with van der Waals surface area (Å²) in [4.78, 5) is 38.0. The molecule has 3 rings (SSSR count). The second kappa shape index (κ2) is 10.7. The van der Waals surface area contributed by atoms with Gasteiger partial charge in [-0.3, -0.25) is 19.6 Å². The Hall–Kier alpha value is -3.77. The summed E-state index contributed by atoms with van der Waals surface area (Å²) in [6.45, 7) is 5.10. The van der Waals surface area contributed by atoms with E-state index in [4.69, 9.17) is 4.74 Å². The predicted octanol–water partition coefficient (Wildman–Crippen LogP) is 4.44. The number of ether oxygens (including phenoxy) is 1. The molecule has 0 radical (unpaired) electrons. The van der Waals surface area contributed by atoms with E-state index in [1.165, 1.54) is 18.2 Å². The van der Waals surface area contributed by atoms with Gasteiger partial charge in [-0.05, 0) is 62.7 Å². The number of alkyl carbamates (subject to hydrolysis) is 1. The van der Waals surface area contributed by atoms with Crippen molar-refractivity contribution in [2.24, 2.45) is 0 Å². The maximum atomic E-state index is 13.2. The molecular weight excluding hydrogens is 497 g/mol. The van der Waals surface area contributed by atoms with Crippen LogP contribution in [0.3, 0.4) is 0 Å². The fraction of sp³-hybridized carbons (Fsp3) is 0.174. The third-order valence-electron chi connectivity index (χ3n) is 4.87. The van der Waals surface area contributed by atoms with E-state index in [-0.39, 0.29) is 33.3 Å². The summed E-state index contributed by atoms with van der Waals surface area (Å²) in [6, 6.07) is 10.1. The smallest absolute Gasteiger partial charge is 0.414 e. The summed E-state index contributed by atoms with van der Waals surface area (Å²) in [5, 5.41) is 4.92. The molecule has 1 heterocycles. The van der Waals surface area contributed by atoms with Crippen LogP contribution in [-0.4, -0.2) is 32.9 Å². The van der Waals surface area contributed by atoms with Crippen molar-refractivity contribution >= 4 is 50.0 Å². The highest BCUT2D eigenvalue weighted by Crippen LogP contribution is 2.33. The Bertz CT molecular complexity index is 1380. The number of nitrogens with one attached hydrogen (secondary N) is 3. The van der Waals surface area contributed by atoms with Crippen LogP contribution in [0, 0.1) is 19.7 Å². The van der Waals surface area contributed by atoms with Crippen LogP contribution in [0.5, 0.6) is 0 Å². The zero-order chi connectivity index (χ0) is 25.8. The van der Waals surface area contributed by atoms with Crippen molar-refractivity contribution in [2.75, 3.05) is 16.6 Å². The quantitative estimate of drug-likeness (QED) is 0.423. The normalized spacial score (nSPS) is 11.0. The number of benzene rings is 2. The highest BCUT2D eigenvalue weighted by atomic mass is 32.2. The van der Waals surface area contributed by atoms with Gasteiger partial charge in [-0.25, -0.2) is 17.6 Å². The molecule has 1 aromatic heterocycles. The van der Waals surface area contributed by atoms with Crippen LogP contribution < -0.4 is 15.4 Å². The molecule has 0 saturated heterocycles. The molecule has 0 saturated carbocycles. The standard InChI is InChI=1S/C23H22FN3O6S2/c1-4-33-23(30)26-21(29)19-13(2)14(3)34-22(19)25-20(28)17-7-5-6-8-18(17)27-35(31,32)16-11-9-15(24)10-12-16/h5-12,27H,4H2,1-3H3,(H,25,28)(H,26,29,30). The number of aryl methyl sites for hydroxylation is 1. The molecule has 0 aliphatic heterocycles. The van der Waals surface area contributed by atoms with Crippen molar-refractivity contribution in [1.29, 1.82) is 0 Å². The molecule has 35 heavy (non-hydrogen) atoms. The monoisotopic (exact) mass is 519 g/mol. The van der Waals surface area contributed by atoms with Crippen LogP contribution >= 0.6 is 11.3 Å². The lowest BCUT2D eigenvalue weighted by Gasteiger charge is -2.13. The van der Waals surface area contributed by atoms with Crippen molar-refractivity contribution in [3.63, 3.8) is 0 Å². The van der Waals surface area contributed by atoms with Crippen LogP contribution in [0.25, 0.3) is 0 Å². The second-order valence-electron chi connectivity index (χ2n) is 7.22. The largest absolute Gasteiger partial charge is 0.450 e. The van der Waals surface area contributed by atoms with Gasteiger partial charge in [0.1, 0.15) is 10.8 Å². The first kappa shape index (κ1) is 25.8. The van der Waals surface area contributed by atoms with Crippen LogP contribution in [0.2, 0.25) is 0 Å². The molecule has 2 aromatic carbocycles. The van der Waals surface area contributed by atoms with Crippen molar-refractivity contribution in [3.8, 4) is 0 Å². The van der Waals surface area contributed by atoms with Crippen molar-refractivity contribution in [1.82, 2.24) is 5.32 Å². The average molecular weight is 520 g/mol. The molecule has 3 amide bonds. The molecule has 0 aliphatic rings. The number of halogens is 1. The minimum absolute atomic E-state index is 0.0151. The molecule has 0 spiro atoms. The highest BCUT2D eigenvalue weighted by Gasteiger charge is 2.25. The van der Waals surface area contributed by atoms with Crippen LogP contribution in [0.1, 0.15) is 38.1 Å². The molecule has 0 aliphatic carbocycles. The molecule has 0 unspecified atom stereocenters. The van der Waals surface area contributed by atoms with Crippen molar-refractivity contribution in [2.45, 2.75) is 25.7 Å².